The number of fused-ring (bicyclic) bond motifs is 1. The lowest BCUT2D eigenvalue weighted by Crippen LogP contribution is -2.78. The highest BCUT2D eigenvalue weighted by Gasteiger charge is 2.73. The molecule has 2 saturated heterocycles. The molecule has 4 aliphatic heterocycles. The Morgan fingerprint density at radius 1 is 1.16 bits per heavy atom. The first-order valence-corrected chi connectivity index (χ1v) is 12.8. The molecule has 202 valence electrons. The highest BCUT2D eigenvalue weighted by molar-refractivity contribution is 6.02. The normalized spacial score (nSPS) is 32.4. The molecule has 2 fully saturated rings. The van der Waals surface area contributed by atoms with Crippen molar-refractivity contribution in [3.8, 4) is 0 Å². The van der Waals surface area contributed by atoms with Crippen LogP contribution >= 0.6 is 0 Å². The Hall–Kier alpha value is -3.71. The van der Waals surface area contributed by atoms with Crippen molar-refractivity contribution in [3.05, 3.63) is 34.9 Å². The number of carbonyl (C=O) groups is 3. The van der Waals surface area contributed by atoms with Crippen molar-refractivity contribution in [1.82, 2.24) is 20.4 Å². The number of imide groups is 1. The van der Waals surface area contributed by atoms with Crippen LogP contribution in [0.5, 0.6) is 0 Å². The number of nitrogens with one attached hydrogen (secondary N) is 2. The molecule has 38 heavy (non-hydrogen) atoms. The molecule has 0 radical (unpaired) electrons. The monoisotopic (exact) mass is 524 g/mol. The number of rotatable bonds is 4. The average Bonchev–Trinajstić information content (AvgIpc) is 3.54. The number of nitrogens with two attached hydrogens (primary N) is 2. The molecule has 13 nitrogen and oxygen atoms in total. The van der Waals surface area contributed by atoms with Crippen molar-refractivity contribution in [3.63, 3.8) is 0 Å². The van der Waals surface area contributed by atoms with Crippen LogP contribution < -0.4 is 22.1 Å². The third-order valence-electron chi connectivity index (χ3n) is 8.78. The van der Waals surface area contributed by atoms with Gasteiger partial charge in [-0.15, -0.1) is 0 Å². The van der Waals surface area contributed by atoms with Crippen molar-refractivity contribution in [1.29, 1.82) is 0 Å². The van der Waals surface area contributed by atoms with Gasteiger partial charge < -0.3 is 37.2 Å². The molecule has 4 atom stereocenters. The van der Waals surface area contributed by atoms with Gasteiger partial charge in [-0.3, -0.25) is 19.3 Å². The largest absolute Gasteiger partial charge is 0.370 e. The van der Waals surface area contributed by atoms with Gasteiger partial charge in [0.25, 0.3) is 5.91 Å². The van der Waals surface area contributed by atoms with E-state index in [1.54, 1.807) is 6.07 Å². The van der Waals surface area contributed by atoms with E-state index < -0.39 is 35.5 Å². The summed E-state index contributed by atoms with van der Waals surface area (Å²) < 4.78 is 0. The number of benzene rings is 1. The topological polar surface area (TPSA) is 199 Å². The lowest BCUT2D eigenvalue weighted by Gasteiger charge is -2.49. The Morgan fingerprint density at radius 3 is 2.58 bits per heavy atom. The van der Waals surface area contributed by atoms with E-state index in [-0.39, 0.29) is 55.1 Å². The standard InChI is InChI=1S/C25H32N8O5/c1-23(2)9-8-12-13(4-3-5-14(12)23)20(36)29-16-11-33-22(27)28-15(10-32-17(34)6-7-18(32)35)19-24(33,25(16,37)38)31-21(26)30-19/h3-5,15-16,19,37-38H,6-11H2,1-2H3,(H2,27,28)(H,29,36)(H3,26,30,31). The summed E-state index contributed by atoms with van der Waals surface area (Å²) in [4.78, 5) is 49.4. The predicted octanol–water partition coefficient (Wildman–Crippen LogP) is -2.17. The summed E-state index contributed by atoms with van der Waals surface area (Å²) >= 11 is 0. The Morgan fingerprint density at radius 2 is 1.87 bits per heavy atom. The van der Waals surface area contributed by atoms with Crippen LogP contribution in [0.3, 0.4) is 0 Å². The molecule has 1 aromatic carbocycles. The minimum absolute atomic E-state index is 0.0469. The van der Waals surface area contributed by atoms with Crippen molar-refractivity contribution in [2.45, 2.75) is 74.5 Å². The molecular weight excluding hydrogens is 492 g/mol. The van der Waals surface area contributed by atoms with Crippen LogP contribution in [-0.4, -0.2) is 92.3 Å². The molecule has 0 aromatic heterocycles. The van der Waals surface area contributed by atoms with Gasteiger partial charge in [-0.2, -0.15) is 0 Å². The van der Waals surface area contributed by atoms with Crippen LogP contribution in [-0.2, 0) is 21.4 Å². The Balaban J connectivity index is 1.31. The van der Waals surface area contributed by atoms with Gasteiger partial charge in [-0.1, -0.05) is 26.0 Å². The number of likely N-dealkylation sites (tertiary alicyclic amines) is 1. The maximum absolute atomic E-state index is 13.5. The molecule has 0 bridgehead atoms. The molecule has 1 spiro atoms. The van der Waals surface area contributed by atoms with Gasteiger partial charge in [-0.25, -0.2) is 9.98 Å². The van der Waals surface area contributed by atoms with E-state index >= 15 is 0 Å². The number of nitrogens with zero attached hydrogens (tertiary/aromatic N) is 4. The summed E-state index contributed by atoms with van der Waals surface area (Å²) in [5.74, 6) is -3.83. The summed E-state index contributed by atoms with van der Waals surface area (Å²) in [5.41, 5.74) is 13.1. The molecule has 8 N–H and O–H groups in total. The zero-order valence-electron chi connectivity index (χ0n) is 21.3. The number of guanidine groups is 2. The molecular formula is C25H32N8O5. The van der Waals surface area contributed by atoms with E-state index in [0.29, 0.717) is 5.56 Å². The van der Waals surface area contributed by atoms with Gasteiger partial charge in [0.05, 0.1) is 12.6 Å². The third kappa shape index (κ3) is 3.21. The SMILES string of the molecule is CC1(C)CCc2c(C(=O)NC3CN4C(N)=NC(CN5C(=O)CCC5=O)C5N=C(N)NC54C3(O)O)cccc21. The van der Waals surface area contributed by atoms with Gasteiger partial charge in [-0.05, 0) is 35.4 Å². The lowest BCUT2D eigenvalue weighted by atomic mass is 9.84. The van der Waals surface area contributed by atoms with Crippen LogP contribution in [0.4, 0.5) is 0 Å². The Bertz CT molecular complexity index is 1310. The summed E-state index contributed by atoms with van der Waals surface area (Å²) in [5, 5.41) is 29.0. The highest BCUT2D eigenvalue weighted by atomic mass is 16.5. The van der Waals surface area contributed by atoms with E-state index in [4.69, 9.17) is 11.5 Å². The molecule has 1 aliphatic carbocycles. The second kappa shape index (κ2) is 7.90. The average molecular weight is 525 g/mol. The zero-order valence-corrected chi connectivity index (χ0v) is 21.3. The fourth-order valence-electron chi connectivity index (χ4n) is 6.76. The van der Waals surface area contributed by atoms with E-state index in [1.807, 2.05) is 12.1 Å². The molecule has 13 heteroatoms. The molecule has 1 aromatic rings. The van der Waals surface area contributed by atoms with Crippen molar-refractivity contribution < 1.29 is 24.6 Å². The number of hydrogen-bond acceptors (Lipinski definition) is 11. The van der Waals surface area contributed by atoms with E-state index in [1.165, 1.54) is 4.90 Å². The smallest absolute Gasteiger partial charge is 0.252 e. The van der Waals surface area contributed by atoms with Crippen LogP contribution in [0.25, 0.3) is 0 Å². The molecule has 4 unspecified atom stereocenters. The van der Waals surface area contributed by atoms with Crippen LogP contribution in [0.2, 0.25) is 0 Å². The summed E-state index contributed by atoms with van der Waals surface area (Å²) in [6.45, 7) is 4.06. The van der Waals surface area contributed by atoms with Crippen LogP contribution in [0, 0.1) is 0 Å². The van der Waals surface area contributed by atoms with Crippen molar-refractivity contribution in [2.75, 3.05) is 13.1 Å². The highest BCUT2D eigenvalue weighted by Crippen LogP contribution is 2.45. The Kier molecular flexibility index (Phi) is 5.12. The first kappa shape index (κ1) is 24.6. The third-order valence-corrected chi connectivity index (χ3v) is 8.78. The maximum atomic E-state index is 13.5. The quantitative estimate of drug-likeness (QED) is 0.187. The fourth-order valence-corrected chi connectivity index (χ4v) is 6.76. The van der Waals surface area contributed by atoms with E-state index in [0.717, 1.165) is 28.9 Å². The van der Waals surface area contributed by atoms with Crippen molar-refractivity contribution in [2.24, 2.45) is 21.5 Å². The second-order valence-corrected chi connectivity index (χ2v) is 11.4. The fraction of sp³-hybridized carbons (Fsp3) is 0.560. The van der Waals surface area contributed by atoms with Gasteiger partial charge in [0, 0.05) is 24.9 Å². The Labute approximate surface area is 218 Å². The predicted molar refractivity (Wildman–Crippen MR) is 136 cm³/mol. The van der Waals surface area contributed by atoms with Gasteiger partial charge in [0.15, 0.2) is 17.6 Å². The molecule has 3 amide bonds. The first-order chi connectivity index (χ1) is 17.9. The van der Waals surface area contributed by atoms with Gasteiger partial charge in [0.1, 0.15) is 12.1 Å². The number of amides is 3. The molecule has 4 heterocycles. The van der Waals surface area contributed by atoms with E-state index in [2.05, 4.69) is 34.5 Å². The number of hydrogen-bond donors (Lipinski definition) is 6. The van der Waals surface area contributed by atoms with Crippen LogP contribution in [0.1, 0.15) is 54.6 Å². The van der Waals surface area contributed by atoms with Gasteiger partial charge >= 0.3 is 0 Å². The second-order valence-electron chi connectivity index (χ2n) is 11.4. The van der Waals surface area contributed by atoms with Crippen LogP contribution in [0.15, 0.2) is 28.2 Å². The number of aliphatic imine (C=N–C) groups is 2. The molecule has 6 rings (SSSR count). The minimum atomic E-state index is -2.60. The van der Waals surface area contributed by atoms with Gasteiger partial charge in [0.2, 0.25) is 17.6 Å². The lowest BCUT2D eigenvalue weighted by molar-refractivity contribution is -0.230. The number of carbonyl (C=O) groups excluding carboxylic acids is 3. The maximum Gasteiger partial charge on any atom is 0.252 e. The van der Waals surface area contributed by atoms with E-state index in [9.17, 15) is 24.6 Å². The summed E-state index contributed by atoms with van der Waals surface area (Å²) in [6, 6.07) is 2.52. The first-order valence-electron chi connectivity index (χ1n) is 12.8. The van der Waals surface area contributed by atoms with Crippen molar-refractivity contribution >= 4 is 29.6 Å². The summed E-state index contributed by atoms with van der Waals surface area (Å²) in [7, 11) is 0. The number of aliphatic hydroxyl groups is 2. The zero-order chi connectivity index (χ0) is 27.2. The molecule has 0 saturated carbocycles. The minimum Gasteiger partial charge on any atom is -0.370 e. The summed E-state index contributed by atoms with van der Waals surface area (Å²) in [6.07, 6.45) is 1.87. The molecule has 5 aliphatic rings.